The fourth-order valence-corrected chi connectivity index (χ4v) is 4.57. The van der Waals surface area contributed by atoms with Gasteiger partial charge in [0.05, 0.1) is 0 Å². The van der Waals surface area contributed by atoms with Gasteiger partial charge < -0.3 is 5.73 Å². The Balaban J connectivity index is 1.52. The minimum Gasteiger partial charge on any atom is -0.399 e. The van der Waals surface area contributed by atoms with E-state index in [1.165, 1.54) is 95.7 Å². The number of nitrogen functional groups attached to an aromatic ring is 1. The van der Waals surface area contributed by atoms with Gasteiger partial charge in [-0.05, 0) is 62.9 Å². The largest absolute Gasteiger partial charge is 0.399 e. The van der Waals surface area contributed by atoms with Crippen molar-refractivity contribution in [1.82, 2.24) is 0 Å². The quantitative estimate of drug-likeness (QED) is 0.184. The van der Waals surface area contributed by atoms with Crippen LogP contribution in [0.5, 0.6) is 0 Å². The zero-order valence-electron chi connectivity index (χ0n) is 16.6. The van der Waals surface area contributed by atoms with E-state index in [1.54, 1.807) is 0 Å². The van der Waals surface area contributed by atoms with Gasteiger partial charge in [0, 0.05) is 5.69 Å². The Morgan fingerprint density at radius 3 is 1.96 bits per heavy atom. The average Bonchev–Trinajstić information content (AvgIpc) is 2.68. The highest BCUT2D eigenvalue weighted by atomic mass is 14.5. The van der Waals surface area contributed by atoms with Crippen molar-refractivity contribution < 1.29 is 0 Å². The van der Waals surface area contributed by atoms with Crippen LogP contribution in [0.1, 0.15) is 63.9 Å². The van der Waals surface area contributed by atoms with Crippen LogP contribution in [0.25, 0.3) is 32.3 Å². The molecule has 0 aliphatic heterocycles. The molecule has 4 aromatic carbocycles. The Morgan fingerprint density at radius 1 is 0.630 bits per heavy atom. The van der Waals surface area contributed by atoms with E-state index in [9.17, 15) is 0 Å². The second-order valence-electron chi connectivity index (χ2n) is 8.07. The van der Waals surface area contributed by atoms with Gasteiger partial charge in [0.1, 0.15) is 0 Å². The number of anilines is 1. The molecule has 0 aliphatic rings. The molecule has 0 bridgehead atoms. The van der Waals surface area contributed by atoms with Crippen LogP contribution < -0.4 is 5.73 Å². The molecule has 140 valence electrons. The second kappa shape index (κ2) is 8.17. The van der Waals surface area contributed by atoms with Gasteiger partial charge >= 0.3 is 0 Å². The first kappa shape index (κ1) is 18.1. The molecule has 0 amide bonds. The summed E-state index contributed by atoms with van der Waals surface area (Å²) in [5.41, 5.74) is 8.44. The molecule has 0 unspecified atom stereocenters. The minimum absolute atomic E-state index is 0.847. The van der Waals surface area contributed by atoms with Crippen molar-refractivity contribution in [1.29, 1.82) is 0 Å². The maximum atomic E-state index is 6.09. The zero-order valence-corrected chi connectivity index (χ0v) is 16.6. The lowest BCUT2D eigenvalue weighted by Gasteiger charge is -2.14. The fraction of sp³-hybridized carbons (Fsp3) is 0.385. The number of hydrogen-bond acceptors (Lipinski definition) is 1. The SMILES string of the molecule is CCCCCCCCCCc1ccc2ccc3cc(N)cc4ccc1c2c34. The Hall–Kier alpha value is -2.28. The third-order valence-corrected chi connectivity index (χ3v) is 6.01. The van der Waals surface area contributed by atoms with Crippen molar-refractivity contribution in [2.24, 2.45) is 0 Å². The van der Waals surface area contributed by atoms with Crippen LogP contribution in [0.3, 0.4) is 0 Å². The van der Waals surface area contributed by atoms with Crippen molar-refractivity contribution >= 4 is 38.0 Å². The summed E-state index contributed by atoms with van der Waals surface area (Å²) in [4.78, 5) is 0. The van der Waals surface area contributed by atoms with Gasteiger partial charge in [0.2, 0.25) is 0 Å². The first-order valence-electron chi connectivity index (χ1n) is 10.7. The van der Waals surface area contributed by atoms with Gasteiger partial charge in [-0.2, -0.15) is 0 Å². The van der Waals surface area contributed by atoms with Crippen molar-refractivity contribution in [2.45, 2.75) is 64.7 Å². The van der Waals surface area contributed by atoms with E-state index in [0.29, 0.717) is 0 Å². The van der Waals surface area contributed by atoms with E-state index in [-0.39, 0.29) is 0 Å². The summed E-state index contributed by atoms with van der Waals surface area (Å²) in [6.07, 6.45) is 12.2. The molecule has 0 spiro atoms. The van der Waals surface area contributed by atoms with Gasteiger partial charge in [-0.15, -0.1) is 0 Å². The molecule has 4 rings (SSSR count). The van der Waals surface area contributed by atoms with Gasteiger partial charge in [-0.3, -0.25) is 0 Å². The molecule has 0 aromatic heterocycles. The minimum atomic E-state index is 0.847. The Morgan fingerprint density at radius 2 is 1.22 bits per heavy atom. The highest BCUT2D eigenvalue weighted by Gasteiger charge is 2.11. The third kappa shape index (κ3) is 3.74. The third-order valence-electron chi connectivity index (χ3n) is 6.01. The van der Waals surface area contributed by atoms with Crippen LogP contribution in [0.15, 0.2) is 48.5 Å². The molecule has 0 radical (unpaired) electrons. The summed E-state index contributed by atoms with van der Waals surface area (Å²) in [5.74, 6) is 0. The lowest BCUT2D eigenvalue weighted by Crippen LogP contribution is -1.92. The van der Waals surface area contributed by atoms with E-state index in [2.05, 4.69) is 55.5 Å². The fourth-order valence-electron chi connectivity index (χ4n) is 4.57. The summed E-state index contributed by atoms with van der Waals surface area (Å²) in [6, 6.07) is 17.9. The molecule has 2 N–H and O–H groups in total. The van der Waals surface area contributed by atoms with Crippen LogP contribution in [0.2, 0.25) is 0 Å². The van der Waals surface area contributed by atoms with Crippen LogP contribution in [-0.2, 0) is 6.42 Å². The van der Waals surface area contributed by atoms with Crippen LogP contribution in [0, 0.1) is 0 Å². The van der Waals surface area contributed by atoms with E-state index in [0.717, 1.165) is 5.69 Å². The van der Waals surface area contributed by atoms with Crippen molar-refractivity contribution in [3.63, 3.8) is 0 Å². The molecular formula is C26H31N. The van der Waals surface area contributed by atoms with E-state index < -0.39 is 0 Å². The summed E-state index contributed by atoms with van der Waals surface area (Å²) in [6.45, 7) is 2.28. The number of nitrogens with two attached hydrogens (primary N) is 1. The Bertz CT molecular complexity index is 1010. The highest BCUT2D eigenvalue weighted by Crippen LogP contribution is 2.37. The molecule has 0 saturated heterocycles. The average molecular weight is 358 g/mol. The molecule has 1 heteroatoms. The maximum absolute atomic E-state index is 6.09. The molecular weight excluding hydrogens is 326 g/mol. The van der Waals surface area contributed by atoms with E-state index >= 15 is 0 Å². The summed E-state index contributed by atoms with van der Waals surface area (Å²) < 4.78 is 0. The lowest BCUT2D eigenvalue weighted by atomic mass is 9.90. The van der Waals surface area contributed by atoms with Gasteiger partial charge in [0.25, 0.3) is 0 Å². The Labute approximate surface area is 162 Å². The monoisotopic (exact) mass is 357 g/mol. The molecule has 0 atom stereocenters. The number of rotatable bonds is 9. The van der Waals surface area contributed by atoms with Crippen LogP contribution in [-0.4, -0.2) is 0 Å². The molecule has 0 aliphatic carbocycles. The van der Waals surface area contributed by atoms with Gasteiger partial charge in [-0.25, -0.2) is 0 Å². The lowest BCUT2D eigenvalue weighted by molar-refractivity contribution is 0.576. The number of hydrogen-bond donors (Lipinski definition) is 1. The second-order valence-corrected chi connectivity index (χ2v) is 8.07. The smallest absolute Gasteiger partial charge is 0.0326 e. The molecule has 0 fully saturated rings. The van der Waals surface area contributed by atoms with Gasteiger partial charge in [0.15, 0.2) is 0 Å². The molecule has 4 aromatic rings. The molecule has 0 saturated carbocycles. The van der Waals surface area contributed by atoms with Crippen molar-refractivity contribution in [3.05, 3.63) is 54.1 Å². The maximum Gasteiger partial charge on any atom is 0.0326 e. The summed E-state index contributed by atoms with van der Waals surface area (Å²) >= 11 is 0. The topological polar surface area (TPSA) is 26.0 Å². The molecule has 0 heterocycles. The van der Waals surface area contributed by atoms with Crippen LogP contribution in [0.4, 0.5) is 5.69 Å². The predicted octanol–water partition coefficient (Wildman–Crippen LogP) is 7.85. The summed E-state index contributed by atoms with van der Waals surface area (Å²) in [5, 5.41) is 8.07. The van der Waals surface area contributed by atoms with Crippen LogP contribution >= 0.6 is 0 Å². The molecule has 1 nitrogen and oxygen atoms in total. The van der Waals surface area contributed by atoms with Gasteiger partial charge in [-0.1, -0.05) is 88.3 Å². The number of benzene rings is 4. The number of unbranched alkanes of at least 4 members (excludes halogenated alkanes) is 7. The Kier molecular flexibility index (Phi) is 5.48. The standard InChI is InChI=1S/C26H31N/c1-2-3-4-5-6-7-8-9-10-19-11-12-20-13-14-21-17-23(27)18-22-15-16-24(19)26(20)25(21)22/h11-18H,2-10,27H2,1H3. The summed E-state index contributed by atoms with van der Waals surface area (Å²) in [7, 11) is 0. The van der Waals surface area contributed by atoms with Crippen molar-refractivity contribution in [3.8, 4) is 0 Å². The zero-order chi connectivity index (χ0) is 18.6. The number of aryl methyl sites for hydroxylation is 1. The first-order chi connectivity index (χ1) is 13.3. The van der Waals surface area contributed by atoms with E-state index in [1.807, 2.05) is 0 Å². The first-order valence-corrected chi connectivity index (χ1v) is 10.7. The van der Waals surface area contributed by atoms with E-state index in [4.69, 9.17) is 5.73 Å². The molecule has 27 heavy (non-hydrogen) atoms. The van der Waals surface area contributed by atoms with Crippen molar-refractivity contribution in [2.75, 3.05) is 5.73 Å². The highest BCUT2D eigenvalue weighted by molar-refractivity contribution is 6.24. The predicted molar refractivity (Wildman–Crippen MR) is 121 cm³/mol. The normalized spacial score (nSPS) is 11.9.